The van der Waals surface area contributed by atoms with Crippen molar-refractivity contribution in [2.45, 2.75) is 31.5 Å². The highest BCUT2D eigenvalue weighted by atomic mass is 19.4. The lowest BCUT2D eigenvalue weighted by molar-refractivity contribution is -0.137. The zero-order valence-corrected chi connectivity index (χ0v) is 15.7. The van der Waals surface area contributed by atoms with Crippen LogP contribution in [0.3, 0.4) is 0 Å². The van der Waals surface area contributed by atoms with Crippen molar-refractivity contribution in [1.29, 1.82) is 0 Å². The molecule has 1 aliphatic heterocycles. The van der Waals surface area contributed by atoms with E-state index in [2.05, 4.69) is 10.1 Å². The molecule has 5 nitrogen and oxygen atoms in total. The molecule has 0 unspecified atom stereocenters. The molecule has 9 heteroatoms. The maximum atomic E-state index is 13.9. The number of halogens is 4. The van der Waals surface area contributed by atoms with Gasteiger partial charge in [0.15, 0.2) is 0 Å². The minimum absolute atomic E-state index is 0.0181. The van der Waals surface area contributed by atoms with E-state index in [0.29, 0.717) is 24.9 Å². The Morgan fingerprint density at radius 2 is 1.97 bits per heavy atom. The molecule has 0 radical (unpaired) electrons. The second kappa shape index (κ2) is 7.89. The van der Waals surface area contributed by atoms with Crippen LogP contribution in [0.15, 0.2) is 53.1 Å². The van der Waals surface area contributed by atoms with Crippen molar-refractivity contribution in [3.63, 3.8) is 0 Å². The maximum absolute atomic E-state index is 13.9. The average Bonchev–Trinajstić information content (AvgIpc) is 3.38. The first-order chi connectivity index (χ1) is 14.3. The van der Waals surface area contributed by atoms with Crippen LogP contribution in [0.2, 0.25) is 0 Å². The van der Waals surface area contributed by atoms with Crippen LogP contribution in [0.25, 0.3) is 11.4 Å². The summed E-state index contributed by atoms with van der Waals surface area (Å²) in [6.45, 7) is 0.458. The van der Waals surface area contributed by atoms with Crippen LogP contribution in [0.4, 0.5) is 17.6 Å². The van der Waals surface area contributed by atoms with Crippen LogP contribution in [0, 0.1) is 5.82 Å². The summed E-state index contributed by atoms with van der Waals surface area (Å²) in [6.07, 6.45) is -3.30. The van der Waals surface area contributed by atoms with Crippen LogP contribution >= 0.6 is 0 Å². The van der Waals surface area contributed by atoms with Gasteiger partial charge in [-0.2, -0.15) is 18.2 Å². The first kappa shape index (κ1) is 20.1. The minimum atomic E-state index is -4.48. The second-order valence-corrected chi connectivity index (χ2v) is 7.05. The van der Waals surface area contributed by atoms with Crippen molar-refractivity contribution in [3.8, 4) is 11.4 Å². The number of nitrogens with zero attached hydrogens (tertiary/aromatic N) is 3. The van der Waals surface area contributed by atoms with Crippen molar-refractivity contribution in [3.05, 3.63) is 71.4 Å². The van der Waals surface area contributed by atoms with Crippen LogP contribution in [0.1, 0.15) is 35.9 Å². The highest BCUT2D eigenvalue weighted by molar-refractivity contribution is 5.79. The fourth-order valence-electron chi connectivity index (χ4n) is 3.55. The predicted octanol–water partition coefficient (Wildman–Crippen LogP) is 4.80. The Balaban J connectivity index is 1.54. The lowest BCUT2D eigenvalue weighted by Gasteiger charge is -2.22. The molecule has 0 spiro atoms. The number of amides is 1. The van der Waals surface area contributed by atoms with Gasteiger partial charge in [-0.1, -0.05) is 35.5 Å². The topological polar surface area (TPSA) is 59.2 Å². The van der Waals surface area contributed by atoms with E-state index in [4.69, 9.17) is 4.52 Å². The molecule has 1 fully saturated rings. The Kier molecular flexibility index (Phi) is 5.27. The molecule has 1 saturated heterocycles. The van der Waals surface area contributed by atoms with Gasteiger partial charge in [-0.3, -0.25) is 4.79 Å². The van der Waals surface area contributed by atoms with Crippen LogP contribution in [-0.2, 0) is 17.4 Å². The molecule has 0 aliphatic carbocycles. The molecule has 0 saturated carbocycles. The summed E-state index contributed by atoms with van der Waals surface area (Å²) in [5.41, 5.74) is -0.348. The highest BCUT2D eigenvalue weighted by Crippen LogP contribution is 2.34. The quantitative estimate of drug-likeness (QED) is 0.570. The predicted molar refractivity (Wildman–Crippen MR) is 98.5 cm³/mol. The fraction of sp³-hybridized carbons (Fsp3) is 0.286. The zero-order chi connectivity index (χ0) is 21.3. The van der Waals surface area contributed by atoms with Crippen molar-refractivity contribution in [1.82, 2.24) is 15.0 Å². The van der Waals surface area contributed by atoms with Gasteiger partial charge in [0.1, 0.15) is 11.9 Å². The Bertz CT molecular complexity index is 1060. The zero-order valence-electron chi connectivity index (χ0n) is 15.7. The van der Waals surface area contributed by atoms with Crippen LogP contribution in [-0.4, -0.2) is 27.5 Å². The van der Waals surface area contributed by atoms with Gasteiger partial charge in [-0.15, -0.1) is 0 Å². The van der Waals surface area contributed by atoms with Gasteiger partial charge >= 0.3 is 6.18 Å². The first-order valence-electron chi connectivity index (χ1n) is 9.37. The molecule has 1 aliphatic rings. The van der Waals surface area contributed by atoms with E-state index in [1.807, 2.05) is 0 Å². The number of benzene rings is 2. The van der Waals surface area contributed by atoms with Crippen LogP contribution in [0.5, 0.6) is 0 Å². The Morgan fingerprint density at radius 1 is 1.17 bits per heavy atom. The number of likely N-dealkylation sites (tertiary alicyclic amines) is 1. The first-order valence-corrected chi connectivity index (χ1v) is 9.37. The second-order valence-electron chi connectivity index (χ2n) is 7.05. The van der Waals surface area contributed by atoms with E-state index in [-0.39, 0.29) is 29.6 Å². The number of hydrogen-bond acceptors (Lipinski definition) is 4. The van der Waals surface area contributed by atoms with Gasteiger partial charge in [0.2, 0.25) is 17.6 Å². The molecule has 1 amide bonds. The number of carbonyl (C=O) groups is 1. The molecule has 0 N–H and O–H groups in total. The molecular formula is C21H17F4N3O2. The summed E-state index contributed by atoms with van der Waals surface area (Å²) < 4.78 is 58.0. The highest BCUT2D eigenvalue weighted by Gasteiger charge is 2.35. The molecule has 2 heterocycles. The van der Waals surface area contributed by atoms with Crippen LogP contribution < -0.4 is 0 Å². The van der Waals surface area contributed by atoms with Gasteiger partial charge in [0.25, 0.3) is 0 Å². The third-order valence-corrected chi connectivity index (χ3v) is 5.05. The monoisotopic (exact) mass is 419 g/mol. The van der Waals surface area contributed by atoms with Crippen molar-refractivity contribution in [2.24, 2.45) is 0 Å². The van der Waals surface area contributed by atoms with Crippen molar-refractivity contribution < 1.29 is 26.9 Å². The van der Waals surface area contributed by atoms with Crippen molar-refractivity contribution >= 4 is 5.91 Å². The van der Waals surface area contributed by atoms with E-state index in [1.54, 1.807) is 23.1 Å². The fourth-order valence-corrected chi connectivity index (χ4v) is 3.55. The number of aromatic nitrogens is 2. The summed E-state index contributed by atoms with van der Waals surface area (Å²) in [4.78, 5) is 18.5. The number of rotatable bonds is 4. The summed E-state index contributed by atoms with van der Waals surface area (Å²) >= 11 is 0. The Labute approximate surface area is 169 Å². The standard InChI is InChI=1S/C21H17F4N3O2/c22-16-8-2-1-5-13(16)12-18(29)28-10-4-9-17(28)20-26-19(27-30-20)14-6-3-7-15(11-14)21(23,24)25/h1-3,5-8,11,17H,4,9-10,12H2/t17-/m0/s1. The van der Waals surface area contributed by atoms with E-state index in [9.17, 15) is 22.4 Å². The Hall–Kier alpha value is -3.23. The van der Waals surface area contributed by atoms with E-state index < -0.39 is 23.6 Å². The summed E-state index contributed by atoms with van der Waals surface area (Å²) in [7, 11) is 0. The summed E-state index contributed by atoms with van der Waals surface area (Å²) in [5, 5.41) is 3.79. The lowest BCUT2D eigenvalue weighted by Crippen LogP contribution is -2.32. The SMILES string of the molecule is O=C(Cc1ccccc1F)N1CCC[C@H]1c1nc(-c2cccc(C(F)(F)F)c2)no1. The third kappa shape index (κ3) is 4.05. The van der Waals surface area contributed by atoms with Gasteiger partial charge in [0.05, 0.1) is 12.0 Å². The van der Waals surface area contributed by atoms with Crippen molar-refractivity contribution in [2.75, 3.05) is 6.54 Å². The molecule has 4 rings (SSSR count). The van der Waals surface area contributed by atoms with Gasteiger partial charge in [0, 0.05) is 12.1 Å². The van der Waals surface area contributed by atoms with Gasteiger partial charge < -0.3 is 9.42 Å². The normalized spacial score (nSPS) is 16.8. The van der Waals surface area contributed by atoms with E-state index >= 15 is 0 Å². The van der Waals surface area contributed by atoms with Gasteiger partial charge in [-0.25, -0.2) is 4.39 Å². The third-order valence-electron chi connectivity index (χ3n) is 5.05. The smallest absolute Gasteiger partial charge is 0.337 e. The van der Waals surface area contributed by atoms with E-state index in [0.717, 1.165) is 12.1 Å². The summed E-state index contributed by atoms with van der Waals surface area (Å²) in [5.74, 6) is -0.557. The molecule has 2 aromatic carbocycles. The Morgan fingerprint density at radius 3 is 2.73 bits per heavy atom. The molecule has 3 aromatic rings. The number of alkyl halides is 3. The maximum Gasteiger partial charge on any atom is 0.416 e. The molecule has 1 atom stereocenters. The molecular weight excluding hydrogens is 402 g/mol. The molecule has 156 valence electrons. The molecule has 30 heavy (non-hydrogen) atoms. The lowest BCUT2D eigenvalue weighted by atomic mass is 10.1. The van der Waals surface area contributed by atoms with Gasteiger partial charge in [-0.05, 0) is 36.6 Å². The summed E-state index contributed by atoms with van der Waals surface area (Å²) in [6, 6.07) is 10.2. The number of hydrogen-bond donors (Lipinski definition) is 0. The number of carbonyl (C=O) groups excluding carboxylic acids is 1. The molecule has 0 bridgehead atoms. The minimum Gasteiger partial charge on any atom is -0.337 e. The largest absolute Gasteiger partial charge is 0.416 e. The average molecular weight is 419 g/mol. The molecule has 1 aromatic heterocycles. The van der Waals surface area contributed by atoms with E-state index in [1.165, 1.54) is 18.2 Å².